The van der Waals surface area contributed by atoms with Gasteiger partial charge >= 0.3 is 0 Å². The second-order valence-electron chi connectivity index (χ2n) is 4.30. The van der Waals surface area contributed by atoms with Gasteiger partial charge in [0, 0.05) is 15.8 Å². The number of halogens is 1. The van der Waals surface area contributed by atoms with Crippen LogP contribution in [0.5, 0.6) is 5.75 Å². The quantitative estimate of drug-likeness (QED) is 0.851. The van der Waals surface area contributed by atoms with Crippen molar-refractivity contribution in [2.75, 3.05) is 11.9 Å². The minimum Gasteiger partial charge on any atom is -0.494 e. The van der Waals surface area contributed by atoms with Gasteiger partial charge in [-0.3, -0.25) is 0 Å². The molecule has 1 N–H and O–H groups in total. The van der Waals surface area contributed by atoms with Crippen LogP contribution in [0.25, 0.3) is 0 Å². The van der Waals surface area contributed by atoms with Crippen LogP contribution in [-0.2, 0) is 0 Å². The molecule has 0 saturated heterocycles. The molecule has 4 heteroatoms. The van der Waals surface area contributed by atoms with Gasteiger partial charge in [0.2, 0.25) is 0 Å². The molecular weight excluding hydrogens is 316 g/mol. The molecular formula is C16H15BrN2O. The Morgan fingerprint density at radius 1 is 1.15 bits per heavy atom. The molecule has 0 heterocycles. The zero-order chi connectivity index (χ0) is 14.4. The second-order valence-corrected chi connectivity index (χ2v) is 5.16. The number of hydrogen-bond acceptors (Lipinski definition) is 3. The van der Waals surface area contributed by atoms with E-state index in [2.05, 4.69) is 34.2 Å². The summed E-state index contributed by atoms with van der Waals surface area (Å²) in [5.41, 5.74) is 2.53. The Hall–Kier alpha value is -1.99. The van der Waals surface area contributed by atoms with Crippen LogP contribution in [0.4, 0.5) is 11.4 Å². The van der Waals surface area contributed by atoms with E-state index in [1.165, 1.54) is 0 Å². The Morgan fingerprint density at radius 2 is 1.85 bits per heavy atom. The third-order valence-electron chi connectivity index (χ3n) is 2.71. The van der Waals surface area contributed by atoms with Gasteiger partial charge in [-0.05, 0) is 64.8 Å². The number of rotatable bonds is 5. The summed E-state index contributed by atoms with van der Waals surface area (Å²) in [4.78, 5) is 0. The smallest absolute Gasteiger partial charge is 0.119 e. The predicted octanol–water partition coefficient (Wildman–Crippen LogP) is 4.85. The minimum atomic E-state index is 0.624. The van der Waals surface area contributed by atoms with Crippen LogP contribution in [0.15, 0.2) is 46.9 Å². The Balaban J connectivity index is 2.06. The van der Waals surface area contributed by atoms with E-state index < -0.39 is 0 Å². The van der Waals surface area contributed by atoms with Crippen LogP contribution in [0.2, 0.25) is 0 Å². The van der Waals surface area contributed by atoms with Gasteiger partial charge in [-0.1, -0.05) is 6.92 Å². The molecule has 0 aliphatic rings. The number of nitrogens with zero attached hydrogens (tertiary/aromatic N) is 1. The fourth-order valence-corrected chi connectivity index (χ4v) is 2.17. The molecule has 0 unspecified atom stereocenters. The maximum absolute atomic E-state index is 8.89. The maximum atomic E-state index is 8.89. The summed E-state index contributed by atoms with van der Waals surface area (Å²) in [7, 11) is 0. The molecule has 20 heavy (non-hydrogen) atoms. The van der Waals surface area contributed by atoms with Gasteiger partial charge < -0.3 is 10.1 Å². The van der Waals surface area contributed by atoms with Gasteiger partial charge in [-0.15, -0.1) is 0 Å². The van der Waals surface area contributed by atoms with Gasteiger partial charge in [0.25, 0.3) is 0 Å². The Kier molecular flexibility index (Phi) is 5.03. The van der Waals surface area contributed by atoms with Crippen LogP contribution in [0.1, 0.15) is 18.9 Å². The van der Waals surface area contributed by atoms with Crippen molar-refractivity contribution < 1.29 is 4.74 Å². The van der Waals surface area contributed by atoms with E-state index in [9.17, 15) is 0 Å². The first-order chi connectivity index (χ1) is 9.72. The summed E-state index contributed by atoms with van der Waals surface area (Å²) >= 11 is 3.38. The molecule has 2 aromatic rings. The van der Waals surface area contributed by atoms with Crippen LogP contribution in [0.3, 0.4) is 0 Å². The van der Waals surface area contributed by atoms with Gasteiger partial charge in [0.05, 0.1) is 12.2 Å². The molecule has 0 aromatic heterocycles. The normalized spacial score (nSPS) is 9.85. The molecule has 0 atom stereocenters. The van der Waals surface area contributed by atoms with Gasteiger partial charge in [0.15, 0.2) is 0 Å². The lowest BCUT2D eigenvalue weighted by Gasteiger charge is -2.09. The lowest BCUT2D eigenvalue weighted by molar-refractivity contribution is 0.317. The summed E-state index contributed by atoms with van der Waals surface area (Å²) < 4.78 is 6.32. The van der Waals surface area contributed by atoms with E-state index in [1.54, 1.807) is 6.07 Å². The molecule has 2 aromatic carbocycles. The van der Waals surface area contributed by atoms with Crippen molar-refractivity contribution in [3.05, 3.63) is 52.5 Å². The lowest BCUT2D eigenvalue weighted by Crippen LogP contribution is -1.95. The van der Waals surface area contributed by atoms with Crippen molar-refractivity contribution in [2.45, 2.75) is 13.3 Å². The highest BCUT2D eigenvalue weighted by Crippen LogP contribution is 2.24. The van der Waals surface area contributed by atoms with Crippen molar-refractivity contribution in [2.24, 2.45) is 0 Å². The summed E-state index contributed by atoms with van der Waals surface area (Å²) in [5.74, 6) is 0.874. The van der Waals surface area contributed by atoms with Crippen LogP contribution >= 0.6 is 15.9 Å². The number of benzene rings is 2. The first-order valence-corrected chi connectivity index (χ1v) is 7.21. The van der Waals surface area contributed by atoms with Crippen molar-refractivity contribution in [1.29, 1.82) is 5.26 Å². The molecule has 0 aliphatic heterocycles. The largest absolute Gasteiger partial charge is 0.494 e. The average Bonchev–Trinajstić information content (AvgIpc) is 2.47. The van der Waals surface area contributed by atoms with E-state index >= 15 is 0 Å². The topological polar surface area (TPSA) is 45.0 Å². The summed E-state index contributed by atoms with van der Waals surface area (Å²) in [6, 6.07) is 15.5. The standard InChI is InChI=1S/C16H15BrN2O/c1-2-9-20-15-7-5-13(6-8-15)19-14-4-3-12(11-18)16(17)10-14/h3-8,10,19H,2,9H2,1H3. The number of ether oxygens (including phenoxy) is 1. The molecule has 0 spiro atoms. The first kappa shape index (κ1) is 14.4. The van der Waals surface area contributed by atoms with Crippen LogP contribution in [-0.4, -0.2) is 6.61 Å². The Labute approximate surface area is 127 Å². The summed E-state index contributed by atoms with van der Waals surface area (Å²) in [5, 5.41) is 12.2. The fraction of sp³-hybridized carbons (Fsp3) is 0.188. The molecule has 102 valence electrons. The van der Waals surface area contributed by atoms with Gasteiger partial charge in [0.1, 0.15) is 11.8 Å². The second kappa shape index (κ2) is 6.97. The lowest BCUT2D eigenvalue weighted by atomic mass is 10.2. The molecule has 3 nitrogen and oxygen atoms in total. The molecule has 0 radical (unpaired) electrons. The zero-order valence-corrected chi connectivity index (χ0v) is 12.8. The monoisotopic (exact) mass is 330 g/mol. The van der Waals surface area contributed by atoms with E-state index in [0.717, 1.165) is 34.6 Å². The zero-order valence-electron chi connectivity index (χ0n) is 11.2. The van der Waals surface area contributed by atoms with Crippen LogP contribution < -0.4 is 10.1 Å². The molecule has 0 aliphatic carbocycles. The minimum absolute atomic E-state index is 0.624. The van der Waals surface area contributed by atoms with Crippen molar-refractivity contribution in [1.82, 2.24) is 0 Å². The number of anilines is 2. The van der Waals surface area contributed by atoms with Crippen molar-refractivity contribution in [3.8, 4) is 11.8 Å². The number of hydrogen-bond donors (Lipinski definition) is 1. The summed E-state index contributed by atoms with van der Waals surface area (Å²) in [6.45, 7) is 2.81. The van der Waals surface area contributed by atoms with Crippen molar-refractivity contribution in [3.63, 3.8) is 0 Å². The van der Waals surface area contributed by atoms with E-state index in [0.29, 0.717) is 5.56 Å². The number of nitrogens with one attached hydrogen (secondary N) is 1. The third-order valence-corrected chi connectivity index (χ3v) is 3.36. The number of nitriles is 1. The third kappa shape index (κ3) is 3.75. The molecule has 0 fully saturated rings. The maximum Gasteiger partial charge on any atom is 0.119 e. The molecule has 0 bridgehead atoms. The fourth-order valence-electron chi connectivity index (χ4n) is 1.70. The highest BCUT2D eigenvalue weighted by molar-refractivity contribution is 9.10. The molecule has 0 amide bonds. The van der Waals surface area contributed by atoms with E-state index in [1.807, 2.05) is 36.4 Å². The van der Waals surface area contributed by atoms with Crippen LogP contribution in [0, 0.1) is 11.3 Å². The molecule has 0 saturated carbocycles. The highest BCUT2D eigenvalue weighted by atomic mass is 79.9. The van der Waals surface area contributed by atoms with E-state index in [-0.39, 0.29) is 0 Å². The van der Waals surface area contributed by atoms with Crippen molar-refractivity contribution >= 4 is 27.3 Å². The summed E-state index contributed by atoms with van der Waals surface area (Å²) in [6.07, 6.45) is 0.999. The predicted molar refractivity (Wildman–Crippen MR) is 84.4 cm³/mol. The van der Waals surface area contributed by atoms with Gasteiger partial charge in [-0.2, -0.15) is 5.26 Å². The van der Waals surface area contributed by atoms with E-state index in [4.69, 9.17) is 10.00 Å². The first-order valence-electron chi connectivity index (χ1n) is 6.42. The Morgan fingerprint density at radius 3 is 2.45 bits per heavy atom. The average molecular weight is 331 g/mol. The highest BCUT2D eigenvalue weighted by Gasteiger charge is 2.01. The Bertz CT molecular complexity index is 617. The molecule has 2 rings (SSSR count). The SMILES string of the molecule is CCCOc1ccc(Nc2ccc(C#N)c(Br)c2)cc1. The van der Waals surface area contributed by atoms with Gasteiger partial charge in [-0.25, -0.2) is 0 Å².